The van der Waals surface area contributed by atoms with E-state index in [1.54, 1.807) is 29.0 Å². The fourth-order valence-electron chi connectivity index (χ4n) is 3.16. The van der Waals surface area contributed by atoms with Crippen LogP contribution in [0.2, 0.25) is 0 Å². The van der Waals surface area contributed by atoms with E-state index in [2.05, 4.69) is 34.0 Å². The molecule has 0 bridgehead atoms. The molecule has 152 valence electrons. The predicted molar refractivity (Wildman–Crippen MR) is 117 cm³/mol. The molecular formula is C21H25N5O2S. The van der Waals surface area contributed by atoms with Gasteiger partial charge in [-0.2, -0.15) is 0 Å². The Kier molecular flexibility index (Phi) is 6.90. The molecule has 0 unspecified atom stereocenters. The Balaban J connectivity index is 1.81. The highest BCUT2D eigenvalue weighted by atomic mass is 32.1. The van der Waals surface area contributed by atoms with Crippen LogP contribution in [0, 0.1) is 4.77 Å². The number of carbonyl (C=O) groups is 1. The number of nitrogens with one attached hydrogen (secondary N) is 2. The molecule has 0 atom stereocenters. The first-order chi connectivity index (χ1) is 14.0. The quantitative estimate of drug-likeness (QED) is 0.557. The maximum atomic E-state index is 12.9. The van der Waals surface area contributed by atoms with Gasteiger partial charge in [0.1, 0.15) is 0 Å². The zero-order valence-corrected chi connectivity index (χ0v) is 17.5. The summed E-state index contributed by atoms with van der Waals surface area (Å²) in [5.41, 5.74) is 1.65. The fraction of sp³-hybridized carbons (Fsp3) is 0.333. The summed E-state index contributed by atoms with van der Waals surface area (Å²) in [6, 6.07) is 10.5. The molecule has 0 spiro atoms. The van der Waals surface area contributed by atoms with E-state index in [9.17, 15) is 9.59 Å². The summed E-state index contributed by atoms with van der Waals surface area (Å²) in [5, 5.41) is 3.35. The van der Waals surface area contributed by atoms with Gasteiger partial charge >= 0.3 is 0 Å². The summed E-state index contributed by atoms with van der Waals surface area (Å²) < 4.78 is 1.94. The lowest BCUT2D eigenvalue weighted by atomic mass is 10.1. The Labute approximate surface area is 174 Å². The van der Waals surface area contributed by atoms with Crippen LogP contribution in [0.15, 0.2) is 47.4 Å². The second kappa shape index (κ2) is 9.58. The molecule has 3 aromatic rings. The summed E-state index contributed by atoms with van der Waals surface area (Å²) in [5.74, 6) is -0.234. The van der Waals surface area contributed by atoms with E-state index < -0.39 is 0 Å². The highest BCUT2D eigenvalue weighted by Gasteiger charge is 2.11. The lowest BCUT2D eigenvalue weighted by Gasteiger charge is -2.18. The molecule has 2 aromatic heterocycles. The summed E-state index contributed by atoms with van der Waals surface area (Å²) in [6.45, 7) is 7.64. The fourth-order valence-corrected chi connectivity index (χ4v) is 3.44. The van der Waals surface area contributed by atoms with Gasteiger partial charge in [-0.05, 0) is 55.6 Å². The van der Waals surface area contributed by atoms with Crippen LogP contribution in [0.25, 0.3) is 10.9 Å². The van der Waals surface area contributed by atoms with Crippen molar-refractivity contribution in [2.24, 2.45) is 0 Å². The number of likely N-dealkylation sites (N-methyl/N-ethyl adjacent to an activating group) is 1. The van der Waals surface area contributed by atoms with Gasteiger partial charge in [-0.1, -0.05) is 19.9 Å². The molecule has 7 nitrogen and oxygen atoms in total. The molecular weight excluding hydrogens is 386 g/mol. The van der Waals surface area contributed by atoms with Crippen molar-refractivity contribution in [3.05, 3.63) is 69.0 Å². The topological polar surface area (TPSA) is 83.0 Å². The summed E-state index contributed by atoms with van der Waals surface area (Å²) >= 11 is 5.40. The van der Waals surface area contributed by atoms with Crippen LogP contribution in [0.5, 0.6) is 0 Å². The van der Waals surface area contributed by atoms with Gasteiger partial charge in [0.2, 0.25) is 0 Å². The van der Waals surface area contributed by atoms with Gasteiger partial charge in [0, 0.05) is 24.8 Å². The number of aromatic amines is 1. The van der Waals surface area contributed by atoms with E-state index >= 15 is 0 Å². The molecule has 1 amide bonds. The van der Waals surface area contributed by atoms with Crippen molar-refractivity contribution < 1.29 is 4.79 Å². The van der Waals surface area contributed by atoms with Crippen molar-refractivity contribution in [1.82, 2.24) is 24.8 Å². The number of nitrogens with zero attached hydrogens (tertiary/aromatic N) is 3. The van der Waals surface area contributed by atoms with Gasteiger partial charge in [0.25, 0.3) is 11.5 Å². The molecule has 2 heterocycles. The smallest absolute Gasteiger partial charge is 0.262 e. The monoisotopic (exact) mass is 411 g/mol. The molecule has 29 heavy (non-hydrogen) atoms. The predicted octanol–water partition coefficient (Wildman–Crippen LogP) is 2.73. The first-order valence-electron chi connectivity index (χ1n) is 9.70. The normalized spacial score (nSPS) is 11.1. The van der Waals surface area contributed by atoms with E-state index in [1.807, 2.05) is 18.2 Å². The molecule has 8 heteroatoms. The minimum absolute atomic E-state index is 0.142. The number of H-pyrrole nitrogens is 1. The summed E-state index contributed by atoms with van der Waals surface area (Å²) in [6.07, 6.45) is 1.68. The van der Waals surface area contributed by atoms with Gasteiger partial charge in [0.05, 0.1) is 23.1 Å². The number of aromatic nitrogens is 3. The van der Waals surface area contributed by atoms with E-state index in [0.29, 0.717) is 34.3 Å². The van der Waals surface area contributed by atoms with Crippen LogP contribution < -0.4 is 10.9 Å². The van der Waals surface area contributed by atoms with Crippen molar-refractivity contribution >= 4 is 29.0 Å². The number of hydrogen-bond acceptors (Lipinski definition) is 5. The molecule has 0 fully saturated rings. The van der Waals surface area contributed by atoms with E-state index in [4.69, 9.17) is 12.2 Å². The summed E-state index contributed by atoms with van der Waals surface area (Å²) in [4.78, 5) is 34.9. The number of rotatable bonds is 8. The first kappa shape index (κ1) is 20.9. The number of carbonyl (C=O) groups excluding carboxylic acids is 1. The molecule has 0 saturated heterocycles. The molecule has 2 N–H and O–H groups in total. The van der Waals surface area contributed by atoms with Crippen LogP contribution in [0.3, 0.4) is 0 Å². The highest BCUT2D eigenvalue weighted by Crippen LogP contribution is 2.11. The van der Waals surface area contributed by atoms with E-state index in [-0.39, 0.29) is 11.5 Å². The third-order valence-corrected chi connectivity index (χ3v) is 5.26. The third kappa shape index (κ3) is 4.96. The largest absolute Gasteiger partial charge is 0.346 e. The molecule has 1 aromatic carbocycles. The molecule has 3 rings (SSSR count). The van der Waals surface area contributed by atoms with Crippen molar-refractivity contribution in [2.45, 2.75) is 26.9 Å². The van der Waals surface area contributed by atoms with Gasteiger partial charge in [0.15, 0.2) is 4.77 Å². The number of fused-ring (bicyclic) bond motifs is 1. The Hall–Kier alpha value is -2.84. The van der Waals surface area contributed by atoms with Crippen LogP contribution in [0.1, 0.15) is 29.9 Å². The molecule has 0 saturated carbocycles. The maximum absolute atomic E-state index is 12.9. The average Bonchev–Trinajstić information content (AvgIpc) is 2.75. The minimum atomic E-state index is -0.234. The molecule has 0 radical (unpaired) electrons. The maximum Gasteiger partial charge on any atom is 0.262 e. The van der Waals surface area contributed by atoms with Crippen LogP contribution in [-0.4, -0.2) is 45.0 Å². The van der Waals surface area contributed by atoms with Gasteiger partial charge in [-0.15, -0.1) is 0 Å². The van der Waals surface area contributed by atoms with Crippen molar-refractivity contribution in [2.75, 3.05) is 19.6 Å². The zero-order valence-electron chi connectivity index (χ0n) is 16.6. The van der Waals surface area contributed by atoms with Gasteiger partial charge in [-0.3, -0.25) is 19.1 Å². The van der Waals surface area contributed by atoms with Crippen molar-refractivity contribution in [3.63, 3.8) is 0 Å². The van der Waals surface area contributed by atoms with Crippen LogP contribution in [-0.2, 0) is 13.1 Å². The molecule has 0 aliphatic rings. The Morgan fingerprint density at radius 2 is 2.03 bits per heavy atom. The highest BCUT2D eigenvalue weighted by molar-refractivity contribution is 7.71. The van der Waals surface area contributed by atoms with Crippen molar-refractivity contribution in [3.8, 4) is 0 Å². The second-order valence-corrected chi connectivity index (χ2v) is 7.06. The molecule has 0 aliphatic heterocycles. The van der Waals surface area contributed by atoms with Gasteiger partial charge in [-0.25, -0.2) is 0 Å². The summed E-state index contributed by atoms with van der Waals surface area (Å²) in [7, 11) is 0. The number of pyridine rings is 1. The van der Waals surface area contributed by atoms with Crippen LogP contribution in [0.4, 0.5) is 0 Å². The van der Waals surface area contributed by atoms with E-state index in [1.165, 1.54) is 0 Å². The molecule has 0 aliphatic carbocycles. The lowest BCUT2D eigenvalue weighted by molar-refractivity contribution is 0.0950. The SMILES string of the molecule is CCN(CC)CCn1c(=S)[nH]c2cc(C(=O)NCc3ccccn3)ccc2c1=O. The zero-order chi connectivity index (χ0) is 20.8. The number of hydrogen-bond donors (Lipinski definition) is 2. The minimum Gasteiger partial charge on any atom is -0.346 e. The van der Waals surface area contributed by atoms with Gasteiger partial charge < -0.3 is 15.2 Å². The van der Waals surface area contributed by atoms with Crippen LogP contribution >= 0.6 is 12.2 Å². The third-order valence-electron chi connectivity index (χ3n) is 4.93. The Bertz CT molecular complexity index is 1100. The lowest BCUT2D eigenvalue weighted by Crippen LogP contribution is -2.31. The standard InChI is InChI=1S/C21H25N5O2S/c1-3-25(4-2)11-12-26-20(28)17-9-8-15(13-18(17)24-21(26)29)19(27)23-14-16-7-5-6-10-22-16/h5-10,13H,3-4,11-12,14H2,1-2H3,(H,23,27)(H,24,29). The number of amides is 1. The Morgan fingerprint density at radius 1 is 1.24 bits per heavy atom. The second-order valence-electron chi connectivity index (χ2n) is 6.68. The average molecular weight is 412 g/mol. The van der Waals surface area contributed by atoms with Crippen molar-refractivity contribution in [1.29, 1.82) is 0 Å². The van der Waals surface area contributed by atoms with E-state index in [0.717, 1.165) is 25.3 Å². The Morgan fingerprint density at radius 3 is 2.72 bits per heavy atom. The first-order valence-corrected chi connectivity index (χ1v) is 10.1. The number of benzene rings is 1.